The molecule has 147 heavy (non-hydrogen) atoms. The molecule has 0 radical (unpaired) electrons. The van der Waals surface area contributed by atoms with Gasteiger partial charge in [0.25, 0.3) is 11.4 Å². The summed E-state index contributed by atoms with van der Waals surface area (Å²) in [4.78, 5) is 98.9. The minimum Gasteiger partial charge on any atom is -0.481 e. The summed E-state index contributed by atoms with van der Waals surface area (Å²) in [5, 5.41) is 28.1. The molecule has 0 amide bonds. The van der Waals surface area contributed by atoms with Crippen molar-refractivity contribution in [3.63, 3.8) is 0 Å². The van der Waals surface area contributed by atoms with Crippen molar-refractivity contribution in [1.82, 2.24) is 0 Å². The zero-order chi connectivity index (χ0) is 101. The van der Waals surface area contributed by atoms with Crippen molar-refractivity contribution in [2.45, 2.75) is 178 Å². The average molecular weight is 2010 g/mol. The predicted octanol–water partition coefficient (Wildman–Crippen LogP) is 32.2. The molecule has 0 bridgehead atoms. The third-order valence-corrected chi connectivity index (χ3v) is 36.6. The largest absolute Gasteiger partial charge is 0.481 e. The standard InChI is InChI=1S/C66H46O6S2.C56H38N4O4S2.C2H3F3.C2H6/c67-59-47-23-39-19-35-11-3-4-12-36(35)20-40(39)24-48(47)60(68)53(59)31-45-33-57-63(73-45)51-27-44-30-56-52(28-43(44)29-55(51)65(71-57)15-7-1-8-16-65)64-58(72-66(56)17-9-2-10-18-66)34-46(74-64)32-54-61(69)49-25-41-21-37-13-5-6-14-38(37)22-42(41)26-50(49)62(54)70;1-59-45(29-57)49-35-13-5-7-15-37(35)51(61)41(49)25-33-27-47-53(65-33)39-21-31-24-44-40(22-32(31)23-43(39)55(63-47)17-9-3-10-18-55)54-48(64-56(44)19-11-4-12-20-56)28-34(66-54)26-42-50(46(30-58)60-2)36-14-6-8-16-38(36)52(42)62;1-2(3,4)5;1-2/h3-6,11-14,19-34,43-44H,1-2,7-10,15-18H2;5-8,13-16,21-28,31-32H,3-4,9-12,17-20H2;1H3;1-2H3/b;41-25-,42-26-,49-45+,50-46?;;. The van der Waals surface area contributed by atoms with Gasteiger partial charge in [-0.05, 0) is 276 Å². The first kappa shape index (κ1) is 93.0. The molecule has 12 aliphatic carbocycles. The fourth-order valence-electron chi connectivity index (χ4n) is 25.7. The van der Waals surface area contributed by atoms with Crippen molar-refractivity contribution in [3.05, 3.63) is 381 Å². The van der Waals surface area contributed by atoms with Gasteiger partial charge in [0.15, 0.2) is 34.7 Å². The maximum atomic E-state index is 14.1. The molecule has 4 aromatic heterocycles. The molecule has 28 rings (SSSR count). The topological polar surface area (TPSA) is 196 Å². The number of halogens is 3. The van der Waals surface area contributed by atoms with Crippen LogP contribution in [0.4, 0.5) is 13.2 Å². The van der Waals surface area contributed by atoms with Gasteiger partial charge >= 0.3 is 6.18 Å². The van der Waals surface area contributed by atoms with Crippen molar-refractivity contribution in [2.75, 3.05) is 0 Å². The first-order valence-corrected chi connectivity index (χ1v) is 54.2. The zero-order valence-electron chi connectivity index (χ0n) is 80.7. The van der Waals surface area contributed by atoms with Crippen LogP contribution in [0.2, 0.25) is 0 Å². The van der Waals surface area contributed by atoms with Crippen molar-refractivity contribution < 1.29 is 60.9 Å². The third-order valence-electron chi connectivity index (χ3n) is 32.2. The van der Waals surface area contributed by atoms with E-state index in [0.717, 1.165) is 221 Å². The number of thiophene rings is 4. The molecule has 0 saturated heterocycles. The first-order chi connectivity index (χ1) is 71.4. The van der Waals surface area contributed by atoms with Gasteiger partial charge in [0.1, 0.15) is 45.4 Å². The van der Waals surface area contributed by atoms with Gasteiger partial charge in [0, 0.05) is 128 Å². The van der Waals surface area contributed by atoms with E-state index in [1.807, 2.05) is 111 Å². The molecule has 8 aromatic carbocycles. The van der Waals surface area contributed by atoms with Crippen LogP contribution in [0.1, 0.15) is 261 Å². The lowest BCUT2D eigenvalue weighted by Crippen LogP contribution is -2.45. The van der Waals surface area contributed by atoms with Gasteiger partial charge in [-0.25, -0.2) is 20.2 Å². The van der Waals surface area contributed by atoms with Gasteiger partial charge in [-0.15, -0.1) is 45.3 Å². The van der Waals surface area contributed by atoms with E-state index in [1.165, 1.54) is 57.4 Å². The summed E-state index contributed by atoms with van der Waals surface area (Å²) >= 11 is 6.37. The van der Waals surface area contributed by atoms with Crippen LogP contribution in [0.3, 0.4) is 0 Å². The number of nitrogens with zero attached hydrogens (tertiary/aromatic N) is 4. The van der Waals surface area contributed by atoms with E-state index in [4.69, 9.17) is 32.1 Å². The van der Waals surface area contributed by atoms with Gasteiger partial charge in [0.2, 0.25) is 0 Å². The van der Waals surface area contributed by atoms with Crippen LogP contribution in [0.25, 0.3) is 111 Å². The number of Topliss-reactive ketones (excluding diaryl/α,β-unsaturated/α-hetero) is 6. The second kappa shape index (κ2) is 35.7. The van der Waals surface area contributed by atoms with Gasteiger partial charge in [-0.2, -0.15) is 13.2 Å². The summed E-state index contributed by atoms with van der Waals surface area (Å²) in [7, 11) is 0. The molecule has 4 saturated carbocycles. The molecular formula is C126H93F3N4O10S4. The van der Waals surface area contributed by atoms with Crippen molar-refractivity contribution in [3.8, 4) is 35.1 Å². The third kappa shape index (κ3) is 15.3. The number of benzene rings is 8. The highest BCUT2D eigenvalue weighted by molar-refractivity contribution is 7.15. The van der Waals surface area contributed by atoms with Crippen LogP contribution in [0, 0.1) is 59.5 Å². The Hall–Kier alpha value is -15.1. The lowest BCUT2D eigenvalue weighted by Gasteiger charge is -2.48. The summed E-state index contributed by atoms with van der Waals surface area (Å²) in [5.41, 5.74) is 13.5. The van der Waals surface area contributed by atoms with E-state index in [2.05, 4.69) is 119 Å². The Balaban J connectivity index is 0.000000145. The van der Waals surface area contributed by atoms with Crippen LogP contribution in [0.5, 0.6) is 23.0 Å². The molecular weight excluding hydrogens is 1910 g/mol. The van der Waals surface area contributed by atoms with Crippen molar-refractivity contribution >= 4 is 181 Å². The van der Waals surface area contributed by atoms with E-state index in [1.54, 1.807) is 93.9 Å². The quantitative estimate of drug-likeness (QED) is 0.0532. The Morgan fingerprint density at radius 3 is 0.789 bits per heavy atom. The van der Waals surface area contributed by atoms with Crippen molar-refractivity contribution in [1.29, 1.82) is 10.5 Å². The van der Waals surface area contributed by atoms with Crippen LogP contribution in [-0.4, -0.2) is 63.3 Å². The van der Waals surface area contributed by atoms with E-state index < -0.39 is 28.6 Å². The molecule has 12 aromatic rings. The number of carbonyl (C=O) groups is 6. The number of rotatable bonds is 4. The maximum absolute atomic E-state index is 14.1. The molecule has 14 nitrogen and oxygen atoms in total. The number of alkyl halides is 3. The average Bonchev–Trinajstić information content (AvgIpc) is 1.64. The Morgan fingerprint density at radius 2 is 0.551 bits per heavy atom. The molecule has 4 atom stereocenters. The SMILES string of the molecule is CC.CC(F)(F)F.O=C1C(=Cc2cc3c(s2)C2=CC4C=C5C(=CC4C=C2C2(CCCCC2)O3)c2sc(C=C3C(=O)c4cc6cc7ccccc7cc6cc4C3=O)cc2OC52CCCCC2)C(=O)c2cc3cc4ccccc4cc3cc21.[C-]#[N+]C(C#N)=C1/C(=C/c2cc3c(s2)C2=CC4C=C5C(=CC4C=C2C2(CCCCC2)O3)c2sc(/C=C3\C(=O)c4ccccc4\C3=C(\C#N)[N+]#[C-])cc2OC52CCCCC2)C(=O)c2ccccc21. The number of ketones is 6. The monoisotopic (exact) mass is 2010 g/mol. The predicted molar refractivity (Wildman–Crippen MR) is 576 cm³/mol. The Labute approximate surface area is 863 Å². The molecule has 4 fully saturated rings. The Morgan fingerprint density at radius 1 is 0.327 bits per heavy atom. The second-order valence-corrected chi connectivity index (χ2v) is 45.1. The highest BCUT2D eigenvalue weighted by Crippen LogP contribution is 2.65. The fourth-order valence-corrected chi connectivity index (χ4v) is 30.0. The maximum Gasteiger partial charge on any atom is 0.386 e. The summed E-state index contributed by atoms with van der Waals surface area (Å²) in [6.45, 7) is 19.7. The lowest BCUT2D eigenvalue weighted by molar-refractivity contribution is -0.110. The number of nitriles is 2. The van der Waals surface area contributed by atoms with Gasteiger partial charge in [0.05, 0.1) is 55.9 Å². The van der Waals surface area contributed by atoms with E-state index in [9.17, 15) is 52.5 Å². The smallest absolute Gasteiger partial charge is 0.386 e. The van der Waals surface area contributed by atoms with Crippen LogP contribution in [0.15, 0.2) is 274 Å². The van der Waals surface area contributed by atoms with Gasteiger partial charge in [-0.1, -0.05) is 185 Å². The number of hydrogen-bond donors (Lipinski definition) is 0. The number of fused-ring (bicyclic) bond motifs is 26. The van der Waals surface area contributed by atoms with Crippen LogP contribution < -0.4 is 18.9 Å². The molecule has 4 spiro atoms. The minimum atomic E-state index is -4.00. The van der Waals surface area contributed by atoms with Gasteiger partial charge < -0.3 is 18.9 Å². The minimum absolute atomic E-state index is 0.0566. The van der Waals surface area contributed by atoms with E-state index in [0.29, 0.717) is 66.8 Å². The number of hydrogen-bond acceptors (Lipinski definition) is 16. The molecule has 16 aliphatic rings. The Bertz CT molecular complexity index is 7990. The molecule has 21 heteroatoms. The normalized spacial score (nSPS) is 22.7. The molecule has 4 unspecified atom stereocenters. The number of carbonyl (C=O) groups excluding carboxylic acids is 6. The molecule has 4 aliphatic heterocycles. The van der Waals surface area contributed by atoms with E-state index in [-0.39, 0.29) is 87.8 Å². The van der Waals surface area contributed by atoms with Crippen molar-refractivity contribution in [2.24, 2.45) is 23.7 Å². The lowest BCUT2D eigenvalue weighted by atomic mass is 9.65. The summed E-state index contributed by atoms with van der Waals surface area (Å²) in [6.07, 6.45) is 43.5. The summed E-state index contributed by atoms with van der Waals surface area (Å²) in [6, 6.07) is 58.9. The summed E-state index contributed by atoms with van der Waals surface area (Å²) in [5.74, 6) is 2.24. The fraction of sp³-hybridized carbons (Fsp3) is 0.254. The Kier molecular flexibility index (Phi) is 22.6. The molecule has 0 N–H and O–H groups in total. The summed E-state index contributed by atoms with van der Waals surface area (Å²) < 4.78 is 60.0. The second-order valence-electron chi connectivity index (χ2n) is 40.8. The molecule has 8 heterocycles. The van der Waals surface area contributed by atoms with Gasteiger partial charge in [-0.3, -0.25) is 28.8 Å². The van der Waals surface area contributed by atoms with Crippen LogP contribution in [-0.2, 0) is 0 Å². The number of ether oxygens (including phenoxy) is 4. The zero-order valence-corrected chi connectivity index (χ0v) is 83.9. The number of allylic oxidation sites excluding steroid dienone is 16. The van der Waals surface area contributed by atoms with Crippen LogP contribution >= 0.6 is 45.3 Å². The highest BCUT2D eigenvalue weighted by atomic mass is 32.1. The highest BCUT2D eigenvalue weighted by Gasteiger charge is 2.55. The first-order valence-electron chi connectivity index (χ1n) is 50.9. The molecule has 722 valence electrons. The van der Waals surface area contributed by atoms with E-state index >= 15 is 0 Å².